The molecule has 0 spiro atoms. The molecule has 3 aromatic rings. The number of amides is 1. The predicted octanol–water partition coefficient (Wildman–Crippen LogP) is 3.26. The van der Waals surface area contributed by atoms with Crippen LogP contribution in [0.2, 0.25) is 0 Å². The molecule has 2 heterocycles. The number of carboxylic acid groups (broad SMARTS) is 1. The average Bonchev–Trinajstić information content (AvgIpc) is 2.86. The summed E-state index contributed by atoms with van der Waals surface area (Å²) in [5.41, 5.74) is 11.9. The van der Waals surface area contributed by atoms with Crippen molar-refractivity contribution in [3.8, 4) is 11.3 Å². The molecule has 2 aromatic carbocycles. The number of hydrogen-bond acceptors (Lipinski definition) is 3. The highest BCUT2D eigenvalue weighted by molar-refractivity contribution is 5.67. The minimum Gasteiger partial charge on any atom is -0.465 e. The molecular weight excluding hydrogens is 340 g/mol. The molecule has 6 heteroatoms. The van der Waals surface area contributed by atoms with Gasteiger partial charge in [0.2, 0.25) is 0 Å². The minimum atomic E-state index is -0.862. The number of nitrogens with two attached hydrogens (primary N) is 1. The summed E-state index contributed by atoms with van der Waals surface area (Å²) >= 11 is 0. The van der Waals surface area contributed by atoms with Gasteiger partial charge in [-0.05, 0) is 24.1 Å². The SMILES string of the molecule is Nc1ccc(Cn2nc(-c3ccccc3)c3c2CCN(C(=O)O)CC3)cc1. The Hall–Kier alpha value is -3.28. The summed E-state index contributed by atoms with van der Waals surface area (Å²) < 4.78 is 2.02. The van der Waals surface area contributed by atoms with Crippen LogP contribution in [0.5, 0.6) is 0 Å². The summed E-state index contributed by atoms with van der Waals surface area (Å²) in [6.45, 7) is 1.63. The summed E-state index contributed by atoms with van der Waals surface area (Å²) in [4.78, 5) is 12.9. The van der Waals surface area contributed by atoms with E-state index < -0.39 is 6.09 Å². The maximum absolute atomic E-state index is 11.4. The zero-order valence-electron chi connectivity index (χ0n) is 15.0. The average molecular weight is 362 g/mol. The Kier molecular flexibility index (Phi) is 4.54. The zero-order chi connectivity index (χ0) is 18.8. The number of hydrogen-bond donors (Lipinski definition) is 2. The van der Waals surface area contributed by atoms with Crippen LogP contribution < -0.4 is 5.73 Å². The third-order valence-corrected chi connectivity index (χ3v) is 5.05. The topological polar surface area (TPSA) is 84.4 Å². The van der Waals surface area contributed by atoms with E-state index in [1.54, 1.807) is 0 Å². The van der Waals surface area contributed by atoms with Crippen molar-refractivity contribution in [1.29, 1.82) is 0 Å². The highest BCUT2D eigenvalue weighted by Crippen LogP contribution is 2.29. The van der Waals surface area contributed by atoms with Gasteiger partial charge in [-0.25, -0.2) is 4.79 Å². The molecule has 4 rings (SSSR count). The van der Waals surface area contributed by atoms with Crippen molar-refractivity contribution in [3.63, 3.8) is 0 Å². The normalized spacial score (nSPS) is 13.9. The number of fused-ring (bicyclic) bond motifs is 1. The maximum atomic E-state index is 11.4. The standard InChI is InChI=1S/C21H22N4O2/c22-17-8-6-15(7-9-17)14-25-19-11-13-24(21(26)27)12-10-18(19)20(23-25)16-4-2-1-3-5-16/h1-9H,10-14,22H2,(H,26,27). The fourth-order valence-electron chi connectivity index (χ4n) is 3.62. The molecule has 1 aliphatic heterocycles. The maximum Gasteiger partial charge on any atom is 0.407 e. The fourth-order valence-corrected chi connectivity index (χ4v) is 3.62. The van der Waals surface area contributed by atoms with Gasteiger partial charge in [-0.1, -0.05) is 42.5 Å². The molecular formula is C21H22N4O2. The van der Waals surface area contributed by atoms with E-state index in [0.717, 1.165) is 33.8 Å². The van der Waals surface area contributed by atoms with E-state index in [0.29, 0.717) is 32.5 Å². The van der Waals surface area contributed by atoms with Crippen molar-refractivity contribution < 1.29 is 9.90 Å². The Morgan fingerprint density at radius 1 is 1.04 bits per heavy atom. The van der Waals surface area contributed by atoms with Crippen LogP contribution in [0.4, 0.5) is 10.5 Å². The van der Waals surface area contributed by atoms with Crippen molar-refractivity contribution >= 4 is 11.8 Å². The molecule has 0 aliphatic carbocycles. The van der Waals surface area contributed by atoms with Gasteiger partial charge in [-0.2, -0.15) is 5.10 Å². The number of nitrogen functional groups attached to an aromatic ring is 1. The van der Waals surface area contributed by atoms with E-state index in [4.69, 9.17) is 10.8 Å². The lowest BCUT2D eigenvalue weighted by Gasteiger charge is -2.16. The van der Waals surface area contributed by atoms with Gasteiger partial charge in [0.05, 0.1) is 12.2 Å². The smallest absolute Gasteiger partial charge is 0.407 e. The Morgan fingerprint density at radius 3 is 2.44 bits per heavy atom. The van der Waals surface area contributed by atoms with Gasteiger partial charge in [0.15, 0.2) is 0 Å². The van der Waals surface area contributed by atoms with Crippen LogP contribution in [0.1, 0.15) is 16.8 Å². The first-order valence-corrected chi connectivity index (χ1v) is 9.08. The predicted molar refractivity (Wildman–Crippen MR) is 105 cm³/mol. The van der Waals surface area contributed by atoms with Gasteiger partial charge in [0.25, 0.3) is 0 Å². The second-order valence-electron chi connectivity index (χ2n) is 6.81. The lowest BCUT2D eigenvalue weighted by Crippen LogP contribution is -2.32. The fraction of sp³-hybridized carbons (Fsp3) is 0.238. The molecule has 1 amide bonds. The molecule has 3 N–H and O–H groups in total. The van der Waals surface area contributed by atoms with Crippen molar-refractivity contribution in [2.75, 3.05) is 18.8 Å². The van der Waals surface area contributed by atoms with Gasteiger partial charge in [-0.15, -0.1) is 0 Å². The van der Waals surface area contributed by atoms with E-state index in [1.165, 1.54) is 4.90 Å². The highest BCUT2D eigenvalue weighted by Gasteiger charge is 2.25. The van der Waals surface area contributed by atoms with Crippen LogP contribution >= 0.6 is 0 Å². The first kappa shape index (κ1) is 17.1. The zero-order valence-corrected chi connectivity index (χ0v) is 15.0. The Labute approximate surface area is 157 Å². The highest BCUT2D eigenvalue weighted by atomic mass is 16.4. The summed E-state index contributed by atoms with van der Waals surface area (Å²) in [5, 5.41) is 14.3. The van der Waals surface area contributed by atoms with E-state index in [9.17, 15) is 9.90 Å². The summed E-state index contributed by atoms with van der Waals surface area (Å²) in [7, 11) is 0. The molecule has 0 fully saturated rings. The molecule has 0 radical (unpaired) electrons. The molecule has 6 nitrogen and oxygen atoms in total. The van der Waals surface area contributed by atoms with Crippen molar-refractivity contribution in [2.45, 2.75) is 19.4 Å². The molecule has 0 saturated heterocycles. The molecule has 1 aromatic heterocycles. The monoisotopic (exact) mass is 362 g/mol. The van der Waals surface area contributed by atoms with E-state index in [-0.39, 0.29) is 0 Å². The third kappa shape index (κ3) is 3.51. The largest absolute Gasteiger partial charge is 0.465 e. The Bertz CT molecular complexity index is 948. The van der Waals surface area contributed by atoms with Gasteiger partial charge in [0, 0.05) is 42.0 Å². The van der Waals surface area contributed by atoms with Crippen LogP contribution in [-0.2, 0) is 19.4 Å². The van der Waals surface area contributed by atoms with Crippen LogP contribution in [0.3, 0.4) is 0 Å². The molecule has 0 bridgehead atoms. The third-order valence-electron chi connectivity index (χ3n) is 5.05. The van der Waals surface area contributed by atoms with Crippen LogP contribution in [0, 0.1) is 0 Å². The molecule has 0 saturated carbocycles. The van der Waals surface area contributed by atoms with Crippen molar-refractivity contribution in [2.24, 2.45) is 0 Å². The van der Waals surface area contributed by atoms with Crippen molar-refractivity contribution in [3.05, 3.63) is 71.4 Å². The molecule has 1 aliphatic rings. The van der Waals surface area contributed by atoms with Gasteiger partial charge < -0.3 is 15.7 Å². The van der Waals surface area contributed by atoms with E-state index in [2.05, 4.69) is 12.1 Å². The van der Waals surface area contributed by atoms with E-state index >= 15 is 0 Å². The van der Waals surface area contributed by atoms with Gasteiger partial charge in [-0.3, -0.25) is 4.68 Å². The number of anilines is 1. The van der Waals surface area contributed by atoms with Crippen LogP contribution in [0.15, 0.2) is 54.6 Å². The molecule has 0 atom stereocenters. The first-order chi connectivity index (χ1) is 13.1. The summed E-state index contributed by atoms with van der Waals surface area (Å²) in [6, 6.07) is 17.9. The quantitative estimate of drug-likeness (QED) is 0.701. The second kappa shape index (κ2) is 7.15. The molecule has 27 heavy (non-hydrogen) atoms. The lowest BCUT2D eigenvalue weighted by molar-refractivity contribution is 0.147. The molecule has 0 unspecified atom stereocenters. The van der Waals surface area contributed by atoms with Crippen LogP contribution in [-0.4, -0.2) is 39.0 Å². The number of rotatable bonds is 3. The number of carbonyl (C=O) groups is 1. The Morgan fingerprint density at radius 2 is 1.74 bits per heavy atom. The van der Waals surface area contributed by atoms with Crippen LogP contribution in [0.25, 0.3) is 11.3 Å². The first-order valence-electron chi connectivity index (χ1n) is 9.08. The van der Waals surface area contributed by atoms with Gasteiger partial charge in [0.1, 0.15) is 0 Å². The number of benzene rings is 2. The number of aromatic nitrogens is 2. The van der Waals surface area contributed by atoms with Gasteiger partial charge >= 0.3 is 6.09 Å². The summed E-state index contributed by atoms with van der Waals surface area (Å²) in [5.74, 6) is 0. The second-order valence-corrected chi connectivity index (χ2v) is 6.81. The van der Waals surface area contributed by atoms with E-state index in [1.807, 2.05) is 47.1 Å². The lowest BCUT2D eigenvalue weighted by atomic mass is 10.0. The molecule has 138 valence electrons. The van der Waals surface area contributed by atoms with Crippen molar-refractivity contribution in [1.82, 2.24) is 14.7 Å². The Balaban J connectivity index is 1.74. The minimum absolute atomic E-state index is 0.490. The summed E-state index contributed by atoms with van der Waals surface area (Å²) in [6.07, 6.45) is 0.476. The number of nitrogens with zero attached hydrogens (tertiary/aromatic N) is 3.